The minimum Gasteiger partial charge on any atom is -0.224 e. The van der Waals surface area contributed by atoms with E-state index >= 15 is 0 Å². The molecule has 0 radical (unpaired) electrons. The monoisotopic (exact) mass is 385 g/mol. The van der Waals surface area contributed by atoms with Gasteiger partial charge in [0.05, 0.1) is 11.3 Å². The van der Waals surface area contributed by atoms with Crippen molar-refractivity contribution in [2.75, 3.05) is 0 Å². The highest BCUT2D eigenvalue weighted by molar-refractivity contribution is 5.85. The number of alkyl halides is 3. The second kappa shape index (κ2) is 6.84. The summed E-state index contributed by atoms with van der Waals surface area (Å²) in [5.41, 5.74) is 1.24. The summed E-state index contributed by atoms with van der Waals surface area (Å²) in [4.78, 5) is 11.3. The molecule has 0 aliphatic rings. The standard InChI is InChI=1S/C19H11F4N5/c20-14-8-6-13(7-9-14)16-15(12-4-2-1-3-5-12)17(28-11-24-10-25-28)27-18(26-16)19(21,22)23/h1-11H. The van der Waals surface area contributed by atoms with Gasteiger partial charge in [0.2, 0.25) is 5.82 Å². The smallest absolute Gasteiger partial charge is 0.224 e. The highest BCUT2D eigenvalue weighted by Gasteiger charge is 2.37. The van der Waals surface area contributed by atoms with Crippen LogP contribution >= 0.6 is 0 Å². The van der Waals surface area contributed by atoms with E-state index in [-0.39, 0.29) is 11.5 Å². The van der Waals surface area contributed by atoms with E-state index in [1.165, 1.54) is 24.8 Å². The normalized spacial score (nSPS) is 11.6. The van der Waals surface area contributed by atoms with Gasteiger partial charge < -0.3 is 0 Å². The molecule has 5 nitrogen and oxygen atoms in total. The van der Waals surface area contributed by atoms with Crippen LogP contribution in [0.3, 0.4) is 0 Å². The molecule has 0 saturated heterocycles. The maximum atomic E-state index is 13.5. The molecule has 0 atom stereocenters. The first-order valence-corrected chi connectivity index (χ1v) is 8.09. The van der Waals surface area contributed by atoms with Gasteiger partial charge in [0, 0.05) is 5.56 Å². The van der Waals surface area contributed by atoms with Crippen molar-refractivity contribution < 1.29 is 17.6 Å². The van der Waals surface area contributed by atoms with Gasteiger partial charge in [-0.3, -0.25) is 0 Å². The lowest BCUT2D eigenvalue weighted by Gasteiger charge is -2.16. The van der Waals surface area contributed by atoms with Crippen LogP contribution in [0.25, 0.3) is 28.2 Å². The van der Waals surface area contributed by atoms with Crippen molar-refractivity contribution in [3.05, 3.63) is 78.9 Å². The molecule has 0 fully saturated rings. The molecule has 0 spiro atoms. The highest BCUT2D eigenvalue weighted by Crippen LogP contribution is 2.37. The summed E-state index contributed by atoms with van der Waals surface area (Å²) in [5.74, 6) is -1.91. The molecular formula is C19H11F4N5. The predicted octanol–water partition coefficient (Wildman–Crippen LogP) is 4.55. The third kappa shape index (κ3) is 3.34. The lowest BCUT2D eigenvalue weighted by atomic mass is 9.99. The molecule has 0 amide bonds. The number of hydrogen-bond acceptors (Lipinski definition) is 4. The van der Waals surface area contributed by atoms with Crippen LogP contribution in [0.15, 0.2) is 67.3 Å². The van der Waals surface area contributed by atoms with E-state index in [2.05, 4.69) is 20.1 Å². The number of halogens is 4. The van der Waals surface area contributed by atoms with E-state index in [9.17, 15) is 17.6 Å². The van der Waals surface area contributed by atoms with Crippen molar-refractivity contribution in [3.8, 4) is 28.2 Å². The fourth-order valence-corrected chi connectivity index (χ4v) is 2.75. The summed E-state index contributed by atoms with van der Waals surface area (Å²) in [6.45, 7) is 0. The van der Waals surface area contributed by atoms with Crippen LogP contribution < -0.4 is 0 Å². The molecule has 2 heterocycles. The minimum atomic E-state index is -4.78. The van der Waals surface area contributed by atoms with Crippen molar-refractivity contribution >= 4 is 0 Å². The number of hydrogen-bond donors (Lipinski definition) is 0. The molecule has 28 heavy (non-hydrogen) atoms. The van der Waals surface area contributed by atoms with Gasteiger partial charge in [-0.05, 0) is 29.8 Å². The van der Waals surface area contributed by atoms with E-state index in [4.69, 9.17) is 0 Å². The summed E-state index contributed by atoms with van der Waals surface area (Å²) in [6, 6.07) is 13.8. The Morgan fingerprint density at radius 1 is 0.821 bits per heavy atom. The van der Waals surface area contributed by atoms with Crippen molar-refractivity contribution in [3.63, 3.8) is 0 Å². The Kier molecular flexibility index (Phi) is 4.34. The molecule has 2 aromatic carbocycles. The highest BCUT2D eigenvalue weighted by atomic mass is 19.4. The average Bonchev–Trinajstić information content (AvgIpc) is 3.22. The summed E-state index contributed by atoms with van der Waals surface area (Å²) >= 11 is 0. The Morgan fingerprint density at radius 2 is 1.54 bits per heavy atom. The number of nitrogens with zero attached hydrogens (tertiary/aromatic N) is 5. The molecule has 140 valence electrons. The zero-order valence-electron chi connectivity index (χ0n) is 14.1. The van der Waals surface area contributed by atoms with Crippen LogP contribution in [-0.2, 0) is 6.18 Å². The summed E-state index contributed by atoms with van der Waals surface area (Å²) in [7, 11) is 0. The first kappa shape index (κ1) is 17.8. The first-order chi connectivity index (χ1) is 13.4. The fraction of sp³-hybridized carbons (Fsp3) is 0.0526. The Morgan fingerprint density at radius 3 is 2.14 bits per heavy atom. The molecule has 0 aliphatic heterocycles. The number of aromatic nitrogens is 5. The van der Waals surface area contributed by atoms with Gasteiger partial charge >= 0.3 is 6.18 Å². The molecule has 4 rings (SSSR count). The van der Waals surface area contributed by atoms with Gasteiger partial charge in [0.15, 0.2) is 5.82 Å². The lowest BCUT2D eigenvalue weighted by Crippen LogP contribution is -2.16. The minimum absolute atomic E-state index is 0.0130. The molecule has 0 aliphatic carbocycles. The molecule has 0 bridgehead atoms. The molecular weight excluding hydrogens is 374 g/mol. The largest absolute Gasteiger partial charge is 0.451 e. The average molecular weight is 385 g/mol. The van der Waals surface area contributed by atoms with Crippen LogP contribution in [0.4, 0.5) is 17.6 Å². The molecule has 2 aromatic heterocycles. The van der Waals surface area contributed by atoms with Gasteiger partial charge in [0.25, 0.3) is 0 Å². The van der Waals surface area contributed by atoms with Gasteiger partial charge in [0.1, 0.15) is 18.5 Å². The van der Waals surface area contributed by atoms with Crippen LogP contribution in [0.1, 0.15) is 5.82 Å². The van der Waals surface area contributed by atoms with E-state index in [0.29, 0.717) is 16.7 Å². The maximum Gasteiger partial charge on any atom is 0.451 e. The predicted molar refractivity (Wildman–Crippen MR) is 92.8 cm³/mol. The lowest BCUT2D eigenvalue weighted by molar-refractivity contribution is -0.144. The zero-order chi connectivity index (χ0) is 19.7. The quantitative estimate of drug-likeness (QED) is 0.486. The van der Waals surface area contributed by atoms with Crippen molar-refractivity contribution in [1.29, 1.82) is 0 Å². The zero-order valence-corrected chi connectivity index (χ0v) is 14.1. The summed E-state index contributed by atoms with van der Waals surface area (Å²) < 4.78 is 54.9. The Bertz CT molecular complexity index is 1090. The van der Waals surface area contributed by atoms with Crippen LogP contribution in [-0.4, -0.2) is 24.7 Å². The summed E-state index contributed by atoms with van der Waals surface area (Å²) in [6.07, 6.45) is -2.33. The van der Waals surface area contributed by atoms with Gasteiger partial charge in [-0.1, -0.05) is 30.3 Å². The van der Waals surface area contributed by atoms with Crippen molar-refractivity contribution in [2.45, 2.75) is 6.18 Å². The second-order valence-corrected chi connectivity index (χ2v) is 5.81. The molecule has 0 saturated carbocycles. The molecule has 4 aromatic rings. The third-order valence-corrected chi connectivity index (χ3v) is 3.96. The Balaban J connectivity index is 2.09. The Hall–Kier alpha value is -3.62. The van der Waals surface area contributed by atoms with E-state index < -0.39 is 17.8 Å². The Labute approximate surface area is 156 Å². The van der Waals surface area contributed by atoms with Gasteiger partial charge in [-0.15, -0.1) is 0 Å². The van der Waals surface area contributed by atoms with E-state index in [1.54, 1.807) is 30.3 Å². The van der Waals surface area contributed by atoms with Crippen LogP contribution in [0, 0.1) is 5.82 Å². The first-order valence-electron chi connectivity index (χ1n) is 8.09. The van der Waals surface area contributed by atoms with Crippen LogP contribution in [0.2, 0.25) is 0 Å². The molecule has 0 unspecified atom stereocenters. The van der Waals surface area contributed by atoms with E-state index in [1.807, 2.05) is 0 Å². The number of benzene rings is 2. The fourth-order valence-electron chi connectivity index (χ4n) is 2.75. The SMILES string of the molecule is Fc1ccc(-c2nc(C(F)(F)F)nc(-n3cncn3)c2-c2ccccc2)cc1. The van der Waals surface area contributed by atoms with Crippen molar-refractivity contribution in [1.82, 2.24) is 24.7 Å². The van der Waals surface area contributed by atoms with Crippen molar-refractivity contribution in [2.24, 2.45) is 0 Å². The maximum absolute atomic E-state index is 13.5. The topological polar surface area (TPSA) is 56.5 Å². The molecule has 0 N–H and O–H groups in total. The molecule has 9 heteroatoms. The number of rotatable bonds is 3. The van der Waals surface area contributed by atoms with Gasteiger partial charge in [-0.2, -0.15) is 18.3 Å². The third-order valence-electron chi connectivity index (χ3n) is 3.96. The van der Waals surface area contributed by atoms with Crippen LogP contribution in [0.5, 0.6) is 0 Å². The second-order valence-electron chi connectivity index (χ2n) is 5.81. The van der Waals surface area contributed by atoms with Gasteiger partial charge in [-0.25, -0.2) is 24.0 Å². The van der Waals surface area contributed by atoms with E-state index in [0.717, 1.165) is 16.8 Å². The summed E-state index contributed by atoms with van der Waals surface area (Å²) in [5, 5.41) is 3.93.